The van der Waals surface area contributed by atoms with Crippen LogP contribution in [0.15, 0.2) is 55.1 Å². The lowest BCUT2D eigenvalue weighted by atomic mass is 10.1. The molecule has 0 radical (unpaired) electrons. The van der Waals surface area contributed by atoms with Gasteiger partial charge in [0.1, 0.15) is 6.61 Å². The van der Waals surface area contributed by atoms with Crippen LogP contribution in [0.3, 0.4) is 0 Å². The molecular formula is C21H31NO2. The van der Waals surface area contributed by atoms with E-state index in [0.717, 1.165) is 12.0 Å². The van der Waals surface area contributed by atoms with Gasteiger partial charge in [-0.1, -0.05) is 81.2 Å². The Morgan fingerprint density at radius 1 is 1.21 bits per heavy atom. The molecule has 0 saturated heterocycles. The van der Waals surface area contributed by atoms with Crippen LogP contribution in [0.5, 0.6) is 0 Å². The zero-order chi connectivity index (χ0) is 17.5. The van der Waals surface area contributed by atoms with Gasteiger partial charge < -0.3 is 10.1 Å². The molecule has 3 heteroatoms. The fourth-order valence-corrected chi connectivity index (χ4v) is 2.41. The quantitative estimate of drug-likeness (QED) is 0.390. The Morgan fingerprint density at radius 3 is 2.67 bits per heavy atom. The van der Waals surface area contributed by atoms with Crippen LogP contribution >= 0.6 is 0 Å². The van der Waals surface area contributed by atoms with Crippen molar-refractivity contribution in [1.82, 2.24) is 5.32 Å². The first kappa shape index (κ1) is 20.0. The van der Waals surface area contributed by atoms with Crippen molar-refractivity contribution in [2.75, 3.05) is 0 Å². The van der Waals surface area contributed by atoms with Gasteiger partial charge in [0.25, 0.3) is 0 Å². The van der Waals surface area contributed by atoms with Crippen molar-refractivity contribution >= 4 is 6.09 Å². The molecule has 0 heterocycles. The van der Waals surface area contributed by atoms with Crippen molar-refractivity contribution in [3.8, 4) is 0 Å². The summed E-state index contributed by atoms with van der Waals surface area (Å²) in [6, 6.07) is 9.62. The number of rotatable bonds is 12. The molecule has 0 aromatic heterocycles. The Kier molecular flexibility index (Phi) is 11.2. The first-order chi connectivity index (χ1) is 11.8. The van der Waals surface area contributed by atoms with Crippen molar-refractivity contribution in [1.29, 1.82) is 0 Å². The van der Waals surface area contributed by atoms with Crippen LogP contribution in [-0.4, -0.2) is 12.1 Å². The van der Waals surface area contributed by atoms with Crippen molar-refractivity contribution in [2.24, 2.45) is 0 Å². The maximum Gasteiger partial charge on any atom is 0.407 e. The van der Waals surface area contributed by atoms with E-state index in [1.807, 2.05) is 42.5 Å². The molecule has 1 unspecified atom stereocenters. The summed E-state index contributed by atoms with van der Waals surface area (Å²) in [5, 5.41) is 2.88. The number of carbonyl (C=O) groups excluding carboxylic acids is 1. The number of alkyl carbamates (subject to hydrolysis) is 1. The fourth-order valence-electron chi connectivity index (χ4n) is 2.41. The first-order valence-corrected chi connectivity index (χ1v) is 9.01. The van der Waals surface area contributed by atoms with E-state index in [1.54, 1.807) is 0 Å². The number of amides is 1. The molecule has 1 atom stereocenters. The van der Waals surface area contributed by atoms with Crippen molar-refractivity contribution in [3.05, 3.63) is 60.7 Å². The molecule has 0 fully saturated rings. The molecule has 1 aromatic carbocycles. The summed E-state index contributed by atoms with van der Waals surface area (Å²) < 4.78 is 5.26. The molecule has 24 heavy (non-hydrogen) atoms. The van der Waals surface area contributed by atoms with Crippen LogP contribution in [0.4, 0.5) is 4.79 Å². The average Bonchev–Trinajstić information content (AvgIpc) is 2.60. The lowest BCUT2D eigenvalue weighted by molar-refractivity contribution is 0.137. The number of ether oxygens (including phenoxy) is 1. The van der Waals surface area contributed by atoms with Gasteiger partial charge in [0, 0.05) is 0 Å². The molecule has 0 spiro atoms. The molecule has 0 aliphatic rings. The largest absolute Gasteiger partial charge is 0.445 e. The highest BCUT2D eigenvalue weighted by Gasteiger charge is 2.08. The molecule has 3 nitrogen and oxygen atoms in total. The summed E-state index contributed by atoms with van der Waals surface area (Å²) in [6.45, 7) is 6.26. The number of hydrogen-bond donors (Lipinski definition) is 1. The monoisotopic (exact) mass is 329 g/mol. The lowest BCUT2D eigenvalue weighted by Crippen LogP contribution is -2.33. The van der Waals surface area contributed by atoms with Gasteiger partial charge in [-0.15, -0.1) is 6.58 Å². The van der Waals surface area contributed by atoms with Gasteiger partial charge >= 0.3 is 6.09 Å². The fraction of sp³-hybridized carbons (Fsp3) is 0.476. The van der Waals surface area contributed by atoms with Gasteiger partial charge in [-0.25, -0.2) is 4.79 Å². The molecule has 0 aliphatic carbocycles. The maximum absolute atomic E-state index is 11.9. The van der Waals surface area contributed by atoms with E-state index < -0.39 is 6.09 Å². The van der Waals surface area contributed by atoms with Gasteiger partial charge in [0.05, 0.1) is 6.04 Å². The van der Waals surface area contributed by atoms with Crippen molar-refractivity contribution in [3.63, 3.8) is 0 Å². The van der Waals surface area contributed by atoms with Crippen LogP contribution in [0, 0.1) is 0 Å². The van der Waals surface area contributed by atoms with Crippen molar-refractivity contribution in [2.45, 2.75) is 64.5 Å². The zero-order valence-corrected chi connectivity index (χ0v) is 14.9. The predicted molar refractivity (Wildman–Crippen MR) is 101 cm³/mol. The second-order valence-electron chi connectivity index (χ2n) is 5.97. The third kappa shape index (κ3) is 9.88. The Balaban J connectivity index is 2.27. The molecule has 0 bridgehead atoms. The highest BCUT2D eigenvalue weighted by atomic mass is 16.5. The van der Waals surface area contributed by atoms with E-state index in [-0.39, 0.29) is 12.6 Å². The summed E-state index contributed by atoms with van der Waals surface area (Å²) in [6.07, 6.45) is 13.8. The Labute approximate surface area is 146 Å². The Morgan fingerprint density at radius 2 is 1.96 bits per heavy atom. The lowest BCUT2D eigenvalue weighted by Gasteiger charge is -2.13. The SMILES string of the molecule is C=CCC(/C=C/CCCCCCC)NC(=O)OCc1ccccc1. The zero-order valence-electron chi connectivity index (χ0n) is 14.9. The third-order valence-corrected chi connectivity index (χ3v) is 3.78. The second kappa shape index (κ2) is 13.4. The highest BCUT2D eigenvalue weighted by Crippen LogP contribution is 2.07. The number of benzene rings is 1. The van der Waals surface area contributed by atoms with Crippen LogP contribution in [-0.2, 0) is 11.3 Å². The third-order valence-electron chi connectivity index (χ3n) is 3.78. The predicted octanol–water partition coefficient (Wildman–Crippen LogP) is 5.77. The standard InChI is InChI=1S/C21H31NO2/c1-3-5-6-7-8-9-13-17-20(14-4-2)22-21(23)24-18-19-15-11-10-12-16-19/h4,10-13,15-17,20H,2-3,5-9,14,18H2,1H3,(H,22,23)/b17-13+. The van der Waals surface area contributed by atoms with Crippen LogP contribution in [0.25, 0.3) is 0 Å². The van der Waals surface area contributed by atoms with Crippen LogP contribution in [0.2, 0.25) is 0 Å². The van der Waals surface area contributed by atoms with Gasteiger partial charge in [-0.05, 0) is 24.8 Å². The Bertz CT molecular complexity index is 482. The number of nitrogens with one attached hydrogen (secondary N) is 1. The minimum Gasteiger partial charge on any atom is -0.445 e. The normalized spacial score (nSPS) is 12.0. The molecular weight excluding hydrogens is 298 g/mol. The first-order valence-electron chi connectivity index (χ1n) is 9.01. The van der Waals surface area contributed by atoms with Gasteiger partial charge in [0.15, 0.2) is 0 Å². The van der Waals surface area contributed by atoms with Crippen LogP contribution in [0.1, 0.15) is 57.4 Å². The van der Waals surface area contributed by atoms with Gasteiger partial charge in [-0.2, -0.15) is 0 Å². The van der Waals surface area contributed by atoms with E-state index >= 15 is 0 Å². The van der Waals surface area contributed by atoms with E-state index in [2.05, 4.69) is 24.9 Å². The minimum atomic E-state index is -0.390. The molecule has 1 N–H and O–H groups in total. The highest BCUT2D eigenvalue weighted by molar-refractivity contribution is 5.68. The summed E-state index contributed by atoms with van der Waals surface area (Å²) in [5.74, 6) is 0. The molecule has 132 valence electrons. The van der Waals surface area contributed by atoms with E-state index in [4.69, 9.17) is 4.74 Å². The second-order valence-corrected chi connectivity index (χ2v) is 5.97. The average molecular weight is 329 g/mol. The number of carbonyl (C=O) groups is 1. The van der Waals surface area contributed by atoms with Crippen molar-refractivity contribution < 1.29 is 9.53 Å². The van der Waals surface area contributed by atoms with Gasteiger partial charge in [0.2, 0.25) is 0 Å². The molecule has 1 aromatic rings. The smallest absolute Gasteiger partial charge is 0.407 e. The number of hydrogen-bond acceptors (Lipinski definition) is 2. The minimum absolute atomic E-state index is 0.0542. The maximum atomic E-state index is 11.9. The summed E-state index contributed by atoms with van der Waals surface area (Å²) in [7, 11) is 0. The summed E-state index contributed by atoms with van der Waals surface area (Å²) >= 11 is 0. The topological polar surface area (TPSA) is 38.3 Å². The molecule has 0 saturated carbocycles. The van der Waals surface area contributed by atoms with E-state index in [1.165, 1.54) is 32.1 Å². The van der Waals surface area contributed by atoms with Crippen LogP contribution < -0.4 is 5.32 Å². The summed E-state index contributed by atoms with van der Waals surface area (Å²) in [4.78, 5) is 11.9. The molecule has 1 rings (SSSR count). The molecule has 1 amide bonds. The summed E-state index contributed by atoms with van der Waals surface area (Å²) in [5.41, 5.74) is 0.982. The van der Waals surface area contributed by atoms with E-state index in [0.29, 0.717) is 6.42 Å². The Hall–Kier alpha value is -2.03. The number of unbranched alkanes of at least 4 members (excludes halogenated alkanes) is 5. The molecule has 0 aliphatic heterocycles. The van der Waals surface area contributed by atoms with Gasteiger partial charge in [-0.3, -0.25) is 0 Å². The number of allylic oxidation sites excluding steroid dienone is 1. The van der Waals surface area contributed by atoms with E-state index in [9.17, 15) is 4.79 Å².